The summed E-state index contributed by atoms with van der Waals surface area (Å²) in [6.45, 7) is -0.349. The Bertz CT molecular complexity index is 914. The number of aliphatic hydroxyl groups is 1. The number of hydrogen-bond acceptors (Lipinski definition) is 10. The molecule has 16 nitrogen and oxygen atoms in total. The Morgan fingerprint density at radius 3 is 2.00 bits per heavy atom. The lowest BCUT2D eigenvalue weighted by Crippen LogP contribution is -2.57. The average Bonchev–Trinajstić information content (AvgIpc) is 3.42. The number of carbonyl (C=O) groups excluding carboxylic acids is 4. The van der Waals surface area contributed by atoms with Gasteiger partial charge in [-0.1, -0.05) is 0 Å². The van der Waals surface area contributed by atoms with E-state index in [-0.39, 0.29) is 19.3 Å². The molecule has 13 N–H and O–H groups in total. The Morgan fingerprint density at radius 1 is 0.872 bits per heavy atom. The number of aromatic nitrogens is 2. The number of nitrogens with two attached hydrogens (primary N) is 3. The Hall–Kier alpha value is -3.60. The van der Waals surface area contributed by atoms with Gasteiger partial charge in [0.25, 0.3) is 0 Å². The molecule has 0 saturated heterocycles. The first-order valence-corrected chi connectivity index (χ1v) is 12.8. The van der Waals surface area contributed by atoms with Crippen molar-refractivity contribution in [1.29, 1.82) is 0 Å². The summed E-state index contributed by atoms with van der Waals surface area (Å²) in [5.74, 6) is -4.07. The van der Waals surface area contributed by atoms with Crippen LogP contribution in [0.15, 0.2) is 12.5 Å². The van der Waals surface area contributed by atoms with Gasteiger partial charge in [0.2, 0.25) is 23.6 Å². The number of nitrogens with zero attached hydrogens (tertiary/aromatic N) is 1. The van der Waals surface area contributed by atoms with E-state index in [1.54, 1.807) is 0 Å². The zero-order valence-corrected chi connectivity index (χ0v) is 21.9. The summed E-state index contributed by atoms with van der Waals surface area (Å²) in [6.07, 6.45) is 5.31. The van der Waals surface area contributed by atoms with Crippen LogP contribution in [0.3, 0.4) is 0 Å². The summed E-state index contributed by atoms with van der Waals surface area (Å²) >= 11 is 0. The van der Waals surface area contributed by atoms with E-state index < -0.39 is 66.9 Å². The fourth-order valence-electron chi connectivity index (χ4n) is 3.51. The molecule has 0 aromatic carbocycles. The molecule has 0 aliphatic carbocycles. The molecule has 39 heavy (non-hydrogen) atoms. The van der Waals surface area contributed by atoms with Crippen LogP contribution in [0.2, 0.25) is 0 Å². The number of aromatic amines is 1. The summed E-state index contributed by atoms with van der Waals surface area (Å²) in [7, 11) is 0. The SMILES string of the molecule is NCCCC[C@H](NC(=O)[C@H](Cc1cnc[nH]1)NC(=O)[C@H](CCCCN)NC(=O)CNC(=O)[C@@H](N)CO)C(=O)O. The van der Waals surface area contributed by atoms with Gasteiger partial charge in [-0.2, -0.15) is 0 Å². The van der Waals surface area contributed by atoms with E-state index in [9.17, 15) is 29.1 Å². The third-order valence-electron chi connectivity index (χ3n) is 5.73. The molecular formula is C23H41N9O7. The van der Waals surface area contributed by atoms with Crippen LogP contribution in [0.4, 0.5) is 0 Å². The van der Waals surface area contributed by atoms with E-state index in [2.05, 4.69) is 31.2 Å². The first-order valence-electron chi connectivity index (χ1n) is 12.8. The summed E-state index contributed by atoms with van der Waals surface area (Å²) < 4.78 is 0. The van der Waals surface area contributed by atoms with Crippen molar-refractivity contribution in [2.75, 3.05) is 26.2 Å². The maximum Gasteiger partial charge on any atom is 0.326 e. The van der Waals surface area contributed by atoms with Crippen molar-refractivity contribution in [2.45, 2.75) is 69.1 Å². The number of carboxylic acids is 1. The highest BCUT2D eigenvalue weighted by Crippen LogP contribution is 2.06. The van der Waals surface area contributed by atoms with E-state index in [1.807, 2.05) is 0 Å². The van der Waals surface area contributed by atoms with Crippen molar-refractivity contribution in [3.8, 4) is 0 Å². The first kappa shape index (κ1) is 33.4. The topological polar surface area (TPSA) is 281 Å². The van der Waals surface area contributed by atoms with Crippen LogP contribution in [0.25, 0.3) is 0 Å². The third-order valence-corrected chi connectivity index (χ3v) is 5.73. The number of carboxylic acid groups (broad SMARTS) is 1. The molecule has 0 unspecified atom stereocenters. The van der Waals surface area contributed by atoms with Crippen molar-refractivity contribution >= 4 is 29.6 Å². The van der Waals surface area contributed by atoms with E-state index in [1.165, 1.54) is 12.5 Å². The molecule has 1 aromatic heterocycles. The van der Waals surface area contributed by atoms with Gasteiger partial charge in [-0.25, -0.2) is 9.78 Å². The molecule has 0 bridgehead atoms. The maximum atomic E-state index is 13.2. The van der Waals surface area contributed by atoms with Gasteiger partial charge in [-0.15, -0.1) is 0 Å². The van der Waals surface area contributed by atoms with Gasteiger partial charge >= 0.3 is 5.97 Å². The van der Waals surface area contributed by atoms with Gasteiger partial charge in [-0.05, 0) is 51.6 Å². The second-order valence-corrected chi connectivity index (χ2v) is 8.94. The Labute approximate surface area is 226 Å². The molecule has 16 heteroatoms. The van der Waals surface area contributed by atoms with Crippen LogP contribution in [0.5, 0.6) is 0 Å². The number of carbonyl (C=O) groups is 5. The summed E-state index contributed by atoms with van der Waals surface area (Å²) in [4.78, 5) is 68.9. The minimum Gasteiger partial charge on any atom is -0.480 e. The fraction of sp³-hybridized carbons (Fsp3) is 0.652. The average molecular weight is 556 g/mol. The highest BCUT2D eigenvalue weighted by molar-refractivity contribution is 5.94. The molecule has 4 atom stereocenters. The Kier molecular flexibility index (Phi) is 16.0. The summed E-state index contributed by atoms with van der Waals surface area (Å²) in [5, 5.41) is 28.3. The molecule has 0 fully saturated rings. The van der Waals surface area contributed by atoms with Crippen LogP contribution >= 0.6 is 0 Å². The highest BCUT2D eigenvalue weighted by atomic mass is 16.4. The van der Waals surface area contributed by atoms with Crippen molar-refractivity contribution in [1.82, 2.24) is 31.2 Å². The molecule has 0 aliphatic heterocycles. The zero-order valence-electron chi connectivity index (χ0n) is 21.9. The fourth-order valence-corrected chi connectivity index (χ4v) is 3.51. The lowest BCUT2D eigenvalue weighted by molar-refractivity contribution is -0.142. The number of hydrogen-bond donors (Lipinski definition) is 10. The number of unbranched alkanes of at least 4 members (excludes halogenated alkanes) is 2. The van der Waals surface area contributed by atoms with Crippen molar-refractivity contribution in [3.63, 3.8) is 0 Å². The Balaban J connectivity index is 2.98. The van der Waals surface area contributed by atoms with Gasteiger partial charge in [0, 0.05) is 18.3 Å². The highest BCUT2D eigenvalue weighted by Gasteiger charge is 2.30. The Morgan fingerprint density at radius 2 is 1.46 bits per heavy atom. The van der Waals surface area contributed by atoms with E-state index >= 15 is 0 Å². The predicted molar refractivity (Wildman–Crippen MR) is 140 cm³/mol. The second-order valence-electron chi connectivity index (χ2n) is 8.94. The number of H-pyrrole nitrogens is 1. The monoisotopic (exact) mass is 555 g/mol. The smallest absolute Gasteiger partial charge is 0.326 e. The van der Waals surface area contributed by atoms with Crippen LogP contribution in [0, 0.1) is 0 Å². The molecule has 0 saturated carbocycles. The van der Waals surface area contributed by atoms with E-state index in [4.69, 9.17) is 22.3 Å². The van der Waals surface area contributed by atoms with E-state index in [0.717, 1.165) is 0 Å². The van der Waals surface area contributed by atoms with Crippen LogP contribution < -0.4 is 38.5 Å². The number of aliphatic hydroxyl groups excluding tert-OH is 1. The maximum absolute atomic E-state index is 13.2. The lowest BCUT2D eigenvalue weighted by Gasteiger charge is -2.24. The van der Waals surface area contributed by atoms with Crippen LogP contribution in [-0.4, -0.2) is 100 Å². The van der Waals surface area contributed by atoms with Crippen LogP contribution in [0.1, 0.15) is 44.2 Å². The van der Waals surface area contributed by atoms with Crippen molar-refractivity contribution in [3.05, 3.63) is 18.2 Å². The lowest BCUT2D eigenvalue weighted by atomic mass is 10.1. The van der Waals surface area contributed by atoms with Crippen LogP contribution in [-0.2, 0) is 30.4 Å². The van der Waals surface area contributed by atoms with E-state index in [0.29, 0.717) is 44.5 Å². The largest absolute Gasteiger partial charge is 0.480 e. The third kappa shape index (κ3) is 13.2. The van der Waals surface area contributed by atoms with Gasteiger partial charge in [0.1, 0.15) is 24.2 Å². The molecule has 0 spiro atoms. The number of nitrogens with one attached hydrogen (secondary N) is 5. The summed E-state index contributed by atoms with van der Waals surface area (Å²) in [5.41, 5.74) is 16.9. The van der Waals surface area contributed by atoms with Gasteiger partial charge in [0.15, 0.2) is 0 Å². The zero-order chi connectivity index (χ0) is 29.2. The normalized spacial score (nSPS) is 13.9. The molecule has 1 rings (SSSR count). The first-order chi connectivity index (χ1) is 18.6. The minimum absolute atomic E-state index is 0.0225. The van der Waals surface area contributed by atoms with Crippen molar-refractivity contribution < 1.29 is 34.2 Å². The molecule has 1 aromatic rings. The van der Waals surface area contributed by atoms with Gasteiger partial charge in [0.05, 0.1) is 19.5 Å². The molecule has 220 valence electrons. The number of rotatable bonds is 20. The molecule has 4 amide bonds. The summed E-state index contributed by atoms with van der Waals surface area (Å²) in [6, 6.07) is -4.65. The van der Waals surface area contributed by atoms with Gasteiger partial charge < -0.3 is 53.7 Å². The predicted octanol–water partition coefficient (Wildman–Crippen LogP) is -3.82. The molecule has 1 heterocycles. The second kappa shape index (κ2) is 18.6. The molecule has 0 radical (unpaired) electrons. The quantitative estimate of drug-likeness (QED) is 0.0696. The number of amides is 4. The standard InChI is InChI=1S/C23H41N9O7/c24-7-3-1-5-16(30-19(34)11-28-20(35)15(26)12-33)21(36)32-18(9-14-10-27-13-29-14)22(37)31-17(23(38)39)6-2-4-8-25/h10,13,15-18,33H,1-9,11-12,24-26H2,(H,27,29)(H,28,35)(H,30,34)(H,31,37)(H,32,36)(H,38,39)/t15-,16-,17-,18-/m0/s1. The van der Waals surface area contributed by atoms with Gasteiger partial charge in [-0.3, -0.25) is 19.2 Å². The number of imidazole rings is 1. The molecular weight excluding hydrogens is 514 g/mol. The number of aliphatic carboxylic acids is 1. The van der Waals surface area contributed by atoms with Crippen molar-refractivity contribution in [2.24, 2.45) is 17.2 Å². The molecule has 0 aliphatic rings. The minimum atomic E-state index is -1.22.